The lowest BCUT2D eigenvalue weighted by atomic mass is 9.79. The van der Waals surface area contributed by atoms with E-state index in [1.807, 2.05) is 46.7 Å². The third-order valence-corrected chi connectivity index (χ3v) is 4.58. The van der Waals surface area contributed by atoms with E-state index >= 15 is 0 Å². The number of hydrogen-bond donors (Lipinski definition) is 0. The molecular formula is C17H27BN2O5. The van der Waals surface area contributed by atoms with Crippen LogP contribution in [0.15, 0.2) is 12.3 Å². The first-order valence-corrected chi connectivity index (χ1v) is 8.29. The van der Waals surface area contributed by atoms with E-state index < -0.39 is 24.3 Å². The van der Waals surface area contributed by atoms with Crippen LogP contribution in [-0.2, 0) is 14.0 Å². The van der Waals surface area contributed by atoms with Crippen molar-refractivity contribution in [3.63, 3.8) is 0 Å². The summed E-state index contributed by atoms with van der Waals surface area (Å²) in [6.45, 7) is 9.08. The maximum absolute atomic E-state index is 11.9. The second-order valence-electron chi connectivity index (χ2n) is 7.35. The SMILES string of the molecule is COC(=O)c1cnc(OCCN(C)C)c(B2OC(C)(C)C(C)(C)O2)c1. The van der Waals surface area contributed by atoms with E-state index in [0.717, 1.165) is 6.54 Å². The Kier molecular flexibility index (Phi) is 5.76. The molecule has 1 aromatic rings. The average Bonchev–Trinajstić information content (AvgIpc) is 2.74. The third-order valence-electron chi connectivity index (χ3n) is 4.58. The van der Waals surface area contributed by atoms with Gasteiger partial charge >= 0.3 is 13.1 Å². The van der Waals surface area contributed by atoms with Gasteiger partial charge in [-0.25, -0.2) is 9.78 Å². The Morgan fingerprint density at radius 2 is 1.84 bits per heavy atom. The molecule has 1 aliphatic heterocycles. The number of likely N-dealkylation sites (N-methyl/N-ethyl adjacent to an activating group) is 1. The fraction of sp³-hybridized carbons (Fsp3) is 0.647. The van der Waals surface area contributed by atoms with Crippen molar-refractivity contribution in [2.24, 2.45) is 0 Å². The Labute approximate surface area is 149 Å². The van der Waals surface area contributed by atoms with Crippen molar-refractivity contribution in [3.8, 4) is 5.88 Å². The molecular weight excluding hydrogens is 323 g/mol. The van der Waals surface area contributed by atoms with E-state index in [0.29, 0.717) is 23.5 Å². The summed E-state index contributed by atoms with van der Waals surface area (Å²) in [7, 11) is 4.59. The van der Waals surface area contributed by atoms with Gasteiger partial charge in [0.25, 0.3) is 0 Å². The van der Waals surface area contributed by atoms with Gasteiger partial charge in [0, 0.05) is 18.2 Å². The average molecular weight is 350 g/mol. The molecule has 0 atom stereocenters. The highest BCUT2D eigenvalue weighted by Gasteiger charge is 2.52. The lowest BCUT2D eigenvalue weighted by molar-refractivity contribution is 0.00578. The smallest absolute Gasteiger partial charge is 0.477 e. The van der Waals surface area contributed by atoms with Gasteiger partial charge in [-0.2, -0.15) is 0 Å². The van der Waals surface area contributed by atoms with Crippen LogP contribution in [0.5, 0.6) is 5.88 Å². The lowest BCUT2D eigenvalue weighted by Gasteiger charge is -2.32. The summed E-state index contributed by atoms with van der Waals surface area (Å²) in [6, 6.07) is 1.66. The minimum Gasteiger partial charge on any atom is -0.477 e. The minimum atomic E-state index is -0.670. The summed E-state index contributed by atoms with van der Waals surface area (Å²) < 4.78 is 22.7. The molecule has 25 heavy (non-hydrogen) atoms. The van der Waals surface area contributed by atoms with Gasteiger partial charge in [-0.15, -0.1) is 0 Å². The summed E-state index contributed by atoms with van der Waals surface area (Å²) in [4.78, 5) is 18.2. The van der Waals surface area contributed by atoms with Gasteiger partial charge in [0.05, 0.1) is 23.9 Å². The van der Waals surface area contributed by atoms with Crippen LogP contribution in [0.4, 0.5) is 0 Å². The van der Waals surface area contributed by atoms with Gasteiger partial charge in [-0.3, -0.25) is 0 Å². The fourth-order valence-electron chi connectivity index (χ4n) is 2.28. The van der Waals surface area contributed by atoms with Crippen LogP contribution in [0.3, 0.4) is 0 Å². The zero-order chi connectivity index (χ0) is 18.8. The maximum atomic E-state index is 11.9. The van der Waals surface area contributed by atoms with Crippen LogP contribution in [0.2, 0.25) is 0 Å². The molecule has 0 unspecified atom stereocenters. The molecule has 1 saturated heterocycles. The summed E-state index contributed by atoms with van der Waals surface area (Å²) in [5, 5.41) is 0. The first-order valence-electron chi connectivity index (χ1n) is 8.29. The van der Waals surface area contributed by atoms with Gasteiger partial charge in [0.1, 0.15) is 6.61 Å². The number of carbonyl (C=O) groups excluding carboxylic acids is 1. The Hall–Kier alpha value is -1.64. The first kappa shape index (κ1) is 19.7. The molecule has 0 N–H and O–H groups in total. The van der Waals surface area contributed by atoms with Gasteiger partial charge in [0.15, 0.2) is 0 Å². The van der Waals surface area contributed by atoms with Crippen LogP contribution in [0, 0.1) is 0 Å². The molecule has 7 nitrogen and oxygen atoms in total. The number of methoxy groups -OCH3 is 1. The van der Waals surface area contributed by atoms with Crippen molar-refractivity contribution < 1.29 is 23.6 Å². The standard InChI is InChI=1S/C17H27BN2O5/c1-16(2)17(3,4)25-18(24-16)13-10-12(15(21)22-7)11-19-14(13)23-9-8-20(5)6/h10-11H,8-9H2,1-7H3. The van der Waals surface area contributed by atoms with E-state index in [9.17, 15) is 4.79 Å². The van der Waals surface area contributed by atoms with Crippen molar-refractivity contribution in [3.05, 3.63) is 17.8 Å². The molecule has 0 aliphatic carbocycles. The number of hydrogen-bond acceptors (Lipinski definition) is 7. The summed E-state index contributed by atoms with van der Waals surface area (Å²) in [6.07, 6.45) is 1.44. The molecule has 0 bridgehead atoms. The largest absolute Gasteiger partial charge is 0.500 e. The minimum absolute atomic E-state index is 0.326. The number of carbonyl (C=O) groups is 1. The van der Waals surface area contributed by atoms with Gasteiger partial charge in [-0.1, -0.05) is 0 Å². The second kappa shape index (κ2) is 7.31. The highest BCUT2D eigenvalue weighted by atomic mass is 16.7. The molecule has 138 valence electrons. The summed E-state index contributed by atoms with van der Waals surface area (Å²) >= 11 is 0. The molecule has 0 saturated carbocycles. The van der Waals surface area contributed by atoms with Crippen LogP contribution in [0.25, 0.3) is 0 Å². The highest BCUT2D eigenvalue weighted by Crippen LogP contribution is 2.37. The molecule has 2 heterocycles. The highest BCUT2D eigenvalue weighted by molar-refractivity contribution is 6.63. The van der Waals surface area contributed by atoms with Crippen molar-refractivity contribution >= 4 is 18.6 Å². The van der Waals surface area contributed by atoms with Crippen molar-refractivity contribution in [2.75, 3.05) is 34.4 Å². The topological polar surface area (TPSA) is 70.1 Å². The number of aromatic nitrogens is 1. The van der Waals surface area contributed by atoms with Crippen LogP contribution >= 0.6 is 0 Å². The third kappa shape index (κ3) is 4.31. The number of esters is 1. The van der Waals surface area contributed by atoms with Gasteiger partial charge < -0.3 is 23.7 Å². The molecule has 1 fully saturated rings. The van der Waals surface area contributed by atoms with E-state index in [1.54, 1.807) is 6.07 Å². The maximum Gasteiger partial charge on any atom is 0.500 e. The molecule has 2 rings (SSSR count). The van der Waals surface area contributed by atoms with Crippen molar-refractivity contribution in [2.45, 2.75) is 38.9 Å². The summed E-state index contributed by atoms with van der Waals surface area (Å²) in [5.74, 6) is -0.0712. The Morgan fingerprint density at radius 3 is 2.36 bits per heavy atom. The first-order chi connectivity index (χ1) is 11.6. The zero-order valence-corrected chi connectivity index (χ0v) is 16.1. The van der Waals surface area contributed by atoms with Crippen LogP contribution in [-0.4, -0.2) is 68.5 Å². The van der Waals surface area contributed by atoms with E-state index in [2.05, 4.69) is 4.98 Å². The lowest BCUT2D eigenvalue weighted by Crippen LogP contribution is -2.41. The quantitative estimate of drug-likeness (QED) is 0.562. The predicted octanol–water partition coefficient (Wildman–Crippen LogP) is 1.11. The number of pyridine rings is 1. The van der Waals surface area contributed by atoms with Crippen LogP contribution < -0.4 is 10.2 Å². The number of ether oxygens (including phenoxy) is 2. The molecule has 0 amide bonds. The van der Waals surface area contributed by atoms with E-state index in [4.69, 9.17) is 18.8 Å². The molecule has 0 radical (unpaired) electrons. The monoisotopic (exact) mass is 350 g/mol. The number of nitrogens with zero attached hydrogens (tertiary/aromatic N) is 2. The van der Waals surface area contributed by atoms with Crippen molar-refractivity contribution in [1.29, 1.82) is 0 Å². The predicted molar refractivity (Wildman–Crippen MR) is 95.3 cm³/mol. The molecule has 0 aromatic carbocycles. The molecule has 8 heteroatoms. The number of rotatable bonds is 6. The normalized spacial score (nSPS) is 18.5. The molecule has 1 aliphatic rings. The van der Waals surface area contributed by atoms with E-state index in [-0.39, 0.29) is 0 Å². The van der Waals surface area contributed by atoms with E-state index in [1.165, 1.54) is 13.3 Å². The summed E-state index contributed by atoms with van der Waals surface area (Å²) in [5.41, 5.74) is -0.0906. The Morgan fingerprint density at radius 1 is 1.24 bits per heavy atom. The van der Waals surface area contributed by atoms with Gasteiger partial charge in [-0.05, 0) is 47.9 Å². The fourth-order valence-corrected chi connectivity index (χ4v) is 2.28. The van der Waals surface area contributed by atoms with Crippen molar-refractivity contribution in [1.82, 2.24) is 9.88 Å². The Balaban J connectivity index is 2.33. The second-order valence-corrected chi connectivity index (χ2v) is 7.35. The molecule has 0 spiro atoms. The molecule has 1 aromatic heterocycles. The Bertz CT molecular complexity index is 617. The zero-order valence-electron chi connectivity index (χ0n) is 16.1. The van der Waals surface area contributed by atoms with Crippen LogP contribution in [0.1, 0.15) is 38.1 Å². The van der Waals surface area contributed by atoms with Gasteiger partial charge in [0.2, 0.25) is 5.88 Å².